The van der Waals surface area contributed by atoms with E-state index in [0.717, 1.165) is 5.56 Å². The quantitative estimate of drug-likeness (QED) is 0.866. The molecular formula is C16H16ClFN2O. The Kier molecular flexibility index (Phi) is 4.81. The number of amides is 1. The molecule has 0 bridgehead atoms. The molecule has 0 saturated heterocycles. The Labute approximate surface area is 128 Å². The fourth-order valence-electron chi connectivity index (χ4n) is 2.05. The number of hydrogen-bond donors (Lipinski definition) is 2. The molecule has 1 amide bonds. The maximum atomic E-state index is 13.6. The van der Waals surface area contributed by atoms with Crippen molar-refractivity contribution in [3.63, 3.8) is 0 Å². The van der Waals surface area contributed by atoms with E-state index in [0.29, 0.717) is 10.7 Å². The SMILES string of the molecule is CC(=O)Nc1cc(NC(C)c2ccccc2Cl)ccc1F. The van der Waals surface area contributed by atoms with E-state index in [4.69, 9.17) is 11.6 Å². The van der Waals surface area contributed by atoms with Crippen molar-refractivity contribution in [2.24, 2.45) is 0 Å². The van der Waals surface area contributed by atoms with E-state index in [-0.39, 0.29) is 17.6 Å². The molecule has 5 heteroatoms. The average molecular weight is 307 g/mol. The van der Waals surface area contributed by atoms with Gasteiger partial charge in [-0.15, -0.1) is 0 Å². The van der Waals surface area contributed by atoms with E-state index in [9.17, 15) is 9.18 Å². The smallest absolute Gasteiger partial charge is 0.221 e. The van der Waals surface area contributed by atoms with Crippen LogP contribution < -0.4 is 10.6 Å². The molecule has 21 heavy (non-hydrogen) atoms. The monoisotopic (exact) mass is 306 g/mol. The summed E-state index contributed by atoms with van der Waals surface area (Å²) >= 11 is 6.15. The third kappa shape index (κ3) is 3.95. The van der Waals surface area contributed by atoms with Crippen LogP contribution >= 0.6 is 11.6 Å². The number of carbonyl (C=O) groups is 1. The van der Waals surface area contributed by atoms with Crippen molar-refractivity contribution in [1.82, 2.24) is 0 Å². The summed E-state index contributed by atoms with van der Waals surface area (Å²) in [5.41, 5.74) is 1.80. The van der Waals surface area contributed by atoms with Crippen LogP contribution in [0.5, 0.6) is 0 Å². The zero-order valence-corrected chi connectivity index (χ0v) is 12.5. The van der Waals surface area contributed by atoms with Crippen molar-refractivity contribution >= 4 is 28.9 Å². The number of carbonyl (C=O) groups excluding carboxylic acids is 1. The first-order chi connectivity index (χ1) is 9.97. The van der Waals surface area contributed by atoms with E-state index in [1.165, 1.54) is 13.0 Å². The number of anilines is 2. The number of nitrogens with one attached hydrogen (secondary N) is 2. The van der Waals surface area contributed by atoms with Crippen molar-refractivity contribution in [3.8, 4) is 0 Å². The van der Waals surface area contributed by atoms with E-state index < -0.39 is 5.82 Å². The van der Waals surface area contributed by atoms with Crippen molar-refractivity contribution in [2.45, 2.75) is 19.9 Å². The lowest BCUT2D eigenvalue weighted by Crippen LogP contribution is -2.10. The van der Waals surface area contributed by atoms with Gasteiger partial charge in [-0.05, 0) is 36.8 Å². The van der Waals surface area contributed by atoms with Gasteiger partial charge in [0.25, 0.3) is 0 Å². The summed E-state index contributed by atoms with van der Waals surface area (Å²) in [6.07, 6.45) is 0. The summed E-state index contributed by atoms with van der Waals surface area (Å²) < 4.78 is 13.6. The molecule has 2 aromatic rings. The van der Waals surface area contributed by atoms with E-state index in [1.54, 1.807) is 12.1 Å². The van der Waals surface area contributed by atoms with Crippen molar-refractivity contribution in [3.05, 3.63) is 58.9 Å². The molecule has 0 radical (unpaired) electrons. The minimum Gasteiger partial charge on any atom is -0.378 e. The summed E-state index contributed by atoms with van der Waals surface area (Å²) in [6.45, 7) is 3.30. The van der Waals surface area contributed by atoms with Gasteiger partial charge in [0.1, 0.15) is 5.82 Å². The molecule has 2 aromatic carbocycles. The van der Waals surface area contributed by atoms with Gasteiger partial charge in [-0.2, -0.15) is 0 Å². The predicted molar refractivity (Wildman–Crippen MR) is 84.2 cm³/mol. The number of benzene rings is 2. The molecule has 1 atom stereocenters. The van der Waals surface area contributed by atoms with E-state index in [2.05, 4.69) is 10.6 Å². The first kappa shape index (κ1) is 15.3. The first-order valence-electron chi connectivity index (χ1n) is 6.55. The van der Waals surface area contributed by atoms with Crippen LogP contribution in [0.3, 0.4) is 0 Å². The summed E-state index contributed by atoms with van der Waals surface area (Å²) in [7, 11) is 0. The Morgan fingerprint density at radius 2 is 1.95 bits per heavy atom. The van der Waals surface area contributed by atoms with Gasteiger partial charge in [-0.25, -0.2) is 4.39 Å². The van der Waals surface area contributed by atoms with Crippen LogP contribution in [-0.2, 0) is 4.79 Å². The number of halogens is 2. The van der Waals surface area contributed by atoms with Crippen LogP contribution in [0, 0.1) is 5.82 Å². The second-order valence-corrected chi connectivity index (χ2v) is 5.17. The minimum atomic E-state index is -0.471. The lowest BCUT2D eigenvalue weighted by molar-refractivity contribution is -0.114. The van der Waals surface area contributed by atoms with Crippen molar-refractivity contribution in [1.29, 1.82) is 0 Å². The Bertz CT molecular complexity index is 660. The Hall–Kier alpha value is -2.07. The zero-order chi connectivity index (χ0) is 15.4. The van der Waals surface area contributed by atoms with Gasteiger partial charge in [-0.1, -0.05) is 29.8 Å². The number of rotatable bonds is 4. The Morgan fingerprint density at radius 3 is 2.62 bits per heavy atom. The topological polar surface area (TPSA) is 41.1 Å². The molecule has 0 aromatic heterocycles. The van der Waals surface area contributed by atoms with E-state index >= 15 is 0 Å². The van der Waals surface area contributed by atoms with Crippen LogP contribution in [0.4, 0.5) is 15.8 Å². The third-order valence-corrected chi connectivity index (χ3v) is 3.38. The summed E-state index contributed by atoms with van der Waals surface area (Å²) in [6, 6.07) is 12.0. The molecule has 0 fully saturated rings. The van der Waals surface area contributed by atoms with Crippen LogP contribution in [0.2, 0.25) is 5.02 Å². The largest absolute Gasteiger partial charge is 0.378 e. The van der Waals surface area contributed by atoms with Crippen LogP contribution in [0.15, 0.2) is 42.5 Å². The molecule has 2 N–H and O–H groups in total. The first-order valence-corrected chi connectivity index (χ1v) is 6.93. The van der Waals surface area contributed by atoms with Gasteiger partial charge in [0.05, 0.1) is 5.69 Å². The van der Waals surface area contributed by atoms with Crippen LogP contribution in [0.1, 0.15) is 25.5 Å². The Balaban J connectivity index is 2.20. The summed E-state index contributed by atoms with van der Waals surface area (Å²) in [4.78, 5) is 11.0. The molecule has 0 aliphatic rings. The predicted octanol–water partition coefficient (Wildman–Crippen LogP) is 4.61. The third-order valence-electron chi connectivity index (χ3n) is 3.03. The van der Waals surface area contributed by atoms with Gasteiger partial charge in [0, 0.05) is 23.7 Å². The van der Waals surface area contributed by atoms with Crippen molar-refractivity contribution < 1.29 is 9.18 Å². The fraction of sp³-hybridized carbons (Fsp3) is 0.188. The molecule has 0 aliphatic heterocycles. The molecule has 2 rings (SSSR count). The number of hydrogen-bond acceptors (Lipinski definition) is 2. The molecular weight excluding hydrogens is 291 g/mol. The van der Waals surface area contributed by atoms with Gasteiger partial charge in [0.15, 0.2) is 0 Å². The standard InChI is InChI=1S/C16H16ClFN2O/c1-10(13-5-3-4-6-14(13)17)19-12-7-8-15(18)16(9-12)20-11(2)21/h3-10,19H,1-2H3,(H,20,21). The van der Waals surface area contributed by atoms with Gasteiger partial charge >= 0.3 is 0 Å². The molecule has 0 saturated carbocycles. The van der Waals surface area contributed by atoms with Gasteiger partial charge in [0.2, 0.25) is 5.91 Å². The second kappa shape index (κ2) is 6.59. The lowest BCUT2D eigenvalue weighted by Gasteiger charge is -2.18. The molecule has 0 spiro atoms. The molecule has 0 heterocycles. The van der Waals surface area contributed by atoms with Crippen LogP contribution in [-0.4, -0.2) is 5.91 Å². The maximum Gasteiger partial charge on any atom is 0.221 e. The fourth-order valence-corrected chi connectivity index (χ4v) is 2.35. The highest BCUT2D eigenvalue weighted by Gasteiger charge is 2.11. The molecule has 3 nitrogen and oxygen atoms in total. The normalized spacial score (nSPS) is 11.8. The maximum absolute atomic E-state index is 13.6. The van der Waals surface area contributed by atoms with Gasteiger partial charge in [-0.3, -0.25) is 4.79 Å². The van der Waals surface area contributed by atoms with E-state index in [1.807, 2.05) is 31.2 Å². The second-order valence-electron chi connectivity index (χ2n) is 4.76. The summed E-state index contributed by atoms with van der Waals surface area (Å²) in [5, 5.41) is 6.36. The van der Waals surface area contributed by atoms with Gasteiger partial charge < -0.3 is 10.6 Å². The highest BCUT2D eigenvalue weighted by molar-refractivity contribution is 6.31. The minimum absolute atomic E-state index is 0.0469. The average Bonchev–Trinajstić information content (AvgIpc) is 2.42. The van der Waals surface area contributed by atoms with Crippen LogP contribution in [0.25, 0.3) is 0 Å². The highest BCUT2D eigenvalue weighted by atomic mass is 35.5. The molecule has 0 aliphatic carbocycles. The summed E-state index contributed by atoms with van der Waals surface area (Å²) in [5.74, 6) is -0.786. The molecule has 1 unspecified atom stereocenters. The highest BCUT2D eigenvalue weighted by Crippen LogP contribution is 2.27. The lowest BCUT2D eigenvalue weighted by atomic mass is 10.1. The molecule has 110 valence electrons. The van der Waals surface area contributed by atoms with Crippen molar-refractivity contribution in [2.75, 3.05) is 10.6 Å². The zero-order valence-electron chi connectivity index (χ0n) is 11.8. The Morgan fingerprint density at radius 1 is 1.24 bits per heavy atom.